The summed E-state index contributed by atoms with van der Waals surface area (Å²) in [7, 11) is -1.25. The molecule has 0 bridgehead atoms. The van der Waals surface area contributed by atoms with Crippen molar-refractivity contribution in [2.24, 2.45) is 5.92 Å². The topological polar surface area (TPSA) is 47.9 Å². The van der Waals surface area contributed by atoms with Gasteiger partial charge in [-0.2, -0.15) is 0 Å². The Morgan fingerprint density at radius 1 is 0.972 bits per heavy atom. The van der Waals surface area contributed by atoms with Crippen molar-refractivity contribution < 1.29 is 19.0 Å². The lowest BCUT2D eigenvalue weighted by Gasteiger charge is -2.36. The van der Waals surface area contributed by atoms with Crippen LogP contribution in [0.4, 0.5) is 0 Å². The van der Waals surface area contributed by atoms with Crippen molar-refractivity contribution >= 4 is 16.4 Å². The van der Waals surface area contributed by atoms with E-state index < -0.39 is 16.4 Å². The highest BCUT2D eigenvalue weighted by Gasteiger charge is 2.36. The van der Waals surface area contributed by atoms with E-state index in [2.05, 4.69) is 66.1 Å². The van der Waals surface area contributed by atoms with Gasteiger partial charge in [0.1, 0.15) is 5.75 Å². The Balaban J connectivity index is 2.39. The predicted octanol–water partition coefficient (Wildman–Crippen LogP) is 8.38. The fraction of sp³-hybridized carbons (Fsp3) is 0.733. The van der Waals surface area contributed by atoms with E-state index in [1.165, 1.54) is 6.42 Å². The van der Waals surface area contributed by atoms with Crippen molar-refractivity contribution in [1.29, 1.82) is 0 Å². The molecule has 1 aromatic carbocycles. The summed E-state index contributed by atoms with van der Waals surface area (Å²) in [5, 5.41) is 11.0. The maximum absolute atomic E-state index is 10.7. The molecule has 4 nitrogen and oxygen atoms in total. The lowest BCUT2D eigenvalue weighted by Crippen LogP contribution is -2.40. The van der Waals surface area contributed by atoms with Crippen LogP contribution in [0.1, 0.15) is 71.8 Å². The van der Waals surface area contributed by atoms with E-state index in [0.717, 1.165) is 50.0 Å². The van der Waals surface area contributed by atoms with Gasteiger partial charge >= 0.3 is 0 Å². The minimum Gasteiger partial charge on any atom is -0.497 e. The number of hydrogen-bond acceptors (Lipinski definition) is 4. The van der Waals surface area contributed by atoms with Gasteiger partial charge in [-0.05, 0) is 74.4 Å². The fourth-order valence-corrected chi connectivity index (χ4v) is 6.50. The van der Waals surface area contributed by atoms with Gasteiger partial charge in [0.15, 0.2) is 8.32 Å². The van der Waals surface area contributed by atoms with Gasteiger partial charge in [0.2, 0.25) is 0 Å². The zero-order valence-corrected chi connectivity index (χ0v) is 27.1. The molecule has 0 aromatic heterocycles. The zero-order chi connectivity index (χ0) is 27.4. The summed E-state index contributed by atoms with van der Waals surface area (Å²) in [4.78, 5) is 0. The lowest BCUT2D eigenvalue weighted by atomic mass is 9.97. The number of benzene rings is 1. The Bertz CT molecular complexity index is 761. The third kappa shape index (κ3) is 13.6. The van der Waals surface area contributed by atoms with Crippen molar-refractivity contribution in [3.8, 4) is 5.75 Å². The smallest absolute Gasteiger partial charge is 0.191 e. The van der Waals surface area contributed by atoms with E-state index in [0.29, 0.717) is 13.2 Å². The first-order valence-electron chi connectivity index (χ1n) is 13.9. The van der Waals surface area contributed by atoms with Crippen LogP contribution in [-0.2, 0) is 15.8 Å². The molecule has 0 saturated heterocycles. The second-order valence-corrected chi connectivity index (χ2v) is 22.9. The zero-order valence-electron chi connectivity index (χ0n) is 25.1. The number of unbranched alkanes of at least 4 members (excludes halogenated alkanes) is 1. The highest BCUT2D eigenvalue weighted by molar-refractivity contribution is 6.81. The highest BCUT2D eigenvalue weighted by atomic mass is 28.4. The number of aliphatic hydroxyl groups is 1. The van der Waals surface area contributed by atoms with E-state index in [-0.39, 0.29) is 17.1 Å². The van der Waals surface area contributed by atoms with E-state index in [4.69, 9.17) is 13.9 Å². The summed E-state index contributed by atoms with van der Waals surface area (Å²) in [6.07, 6.45) is 6.08. The molecular formula is C30H56O4Si2. The van der Waals surface area contributed by atoms with Crippen LogP contribution >= 0.6 is 0 Å². The summed E-state index contributed by atoms with van der Waals surface area (Å²) >= 11 is 0. The molecule has 36 heavy (non-hydrogen) atoms. The Labute approximate surface area is 225 Å². The molecule has 0 aliphatic heterocycles. The Morgan fingerprint density at radius 2 is 1.58 bits per heavy atom. The molecule has 0 fully saturated rings. The second kappa shape index (κ2) is 15.5. The molecule has 0 heterocycles. The lowest BCUT2D eigenvalue weighted by molar-refractivity contribution is 0.0245. The summed E-state index contributed by atoms with van der Waals surface area (Å²) in [6, 6.07) is 7.94. The number of allylic oxidation sites excluding steroid dienone is 1. The van der Waals surface area contributed by atoms with E-state index in [1.54, 1.807) is 12.7 Å². The molecule has 0 amide bonds. The number of methoxy groups -OCH3 is 1. The average Bonchev–Trinajstić information content (AvgIpc) is 2.77. The highest BCUT2D eigenvalue weighted by Crippen LogP contribution is 2.36. The summed E-state index contributed by atoms with van der Waals surface area (Å²) in [5.41, 5.74) is 5.28. The van der Waals surface area contributed by atoms with E-state index in [1.807, 2.05) is 24.3 Å². The molecule has 1 aromatic rings. The van der Waals surface area contributed by atoms with Gasteiger partial charge in [-0.1, -0.05) is 70.7 Å². The third-order valence-electron chi connectivity index (χ3n) is 7.26. The minimum absolute atomic E-state index is 0.125. The molecule has 1 rings (SSSR count). The van der Waals surface area contributed by atoms with Crippen LogP contribution in [-0.4, -0.2) is 47.9 Å². The van der Waals surface area contributed by atoms with Gasteiger partial charge in [0, 0.05) is 12.5 Å². The molecular weight excluding hydrogens is 480 g/mol. The molecule has 0 saturated carbocycles. The van der Waals surface area contributed by atoms with Crippen LogP contribution in [0.5, 0.6) is 5.75 Å². The van der Waals surface area contributed by atoms with Gasteiger partial charge in [0.05, 0.1) is 34.5 Å². The Hall–Kier alpha value is -0.926. The fourth-order valence-electron chi connectivity index (χ4n) is 3.90. The van der Waals surface area contributed by atoms with Crippen molar-refractivity contribution in [2.75, 3.05) is 20.3 Å². The third-order valence-corrected chi connectivity index (χ3v) is 13.1. The normalized spacial score (nSPS) is 15.1. The molecule has 0 unspecified atom stereocenters. The molecule has 1 N–H and O–H groups in total. The largest absolute Gasteiger partial charge is 0.497 e. The summed E-state index contributed by atoms with van der Waals surface area (Å²) in [5.74, 6) is 0.977. The van der Waals surface area contributed by atoms with Crippen LogP contribution in [0.25, 0.3) is 0 Å². The van der Waals surface area contributed by atoms with Crippen molar-refractivity contribution in [3.63, 3.8) is 0 Å². The van der Waals surface area contributed by atoms with Crippen molar-refractivity contribution in [2.45, 2.75) is 117 Å². The standard InChI is InChI=1S/C30H56O4Si2/c1-25(22-33-23-26-17-19-28(32-5)20-18-26)29(31)16-13-15-27(24-35(6,7)8)14-11-12-21-34-36(9,10)30(2,3)4/h17-20,24-25,29,31H,11-16,21-23H2,1-10H3/b27-24-/t25-,29+/m0/s1. The molecule has 0 aliphatic carbocycles. The van der Waals surface area contributed by atoms with Crippen LogP contribution < -0.4 is 4.74 Å². The maximum Gasteiger partial charge on any atom is 0.191 e. The summed E-state index contributed by atoms with van der Waals surface area (Å²) in [6.45, 7) is 22.9. The SMILES string of the molecule is COc1ccc(COC[C@H](C)[C@H](O)CCC/C(=C\[Si](C)(C)C)CCCCO[Si](C)(C)C(C)(C)C)cc1. The van der Waals surface area contributed by atoms with E-state index >= 15 is 0 Å². The Morgan fingerprint density at radius 3 is 2.14 bits per heavy atom. The van der Waals surface area contributed by atoms with Gasteiger partial charge < -0.3 is 19.0 Å². The first-order valence-corrected chi connectivity index (χ1v) is 20.4. The number of ether oxygens (including phenoxy) is 2. The van der Waals surface area contributed by atoms with Crippen LogP contribution in [0, 0.1) is 5.92 Å². The van der Waals surface area contributed by atoms with Crippen LogP contribution in [0.3, 0.4) is 0 Å². The molecule has 6 heteroatoms. The number of hydrogen-bond donors (Lipinski definition) is 1. The van der Waals surface area contributed by atoms with E-state index in [9.17, 15) is 5.11 Å². The van der Waals surface area contributed by atoms with Gasteiger partial charge in [-0.3, -0.25) is 0 Å². The number of rotatable bonds is 17. The first kappa shape index (κ1) is 33.1. The first-order chi connectivity index (χ1) is 16.6. The molecule has 2 atom stereocenters. The number of aliphatic hydroxyl groups excluding tert-OH is 1. The Kier molecular flexibility index (Phi) is 14.2. The van der Waals surface area contributed by atoms with Crippen molar-refractivity contribution in [1.82, 2.24) is 0 Å². The predicted molar refractivity (Wildman–Crippen MR) is 160 cm³/mol. The monoisotopic (exact) mass is 536 g/mol. The van der Waals surface area contributed by atoms with Crippen molar-refractivity contribution in [3.05, 3.63) is 41.1 Å². The molecule has 0 radical (unpaired) electrons. The molecule has 0 spiro atoms. The van der Waals surface area contributed by atoms with Gasteiger partial charge in [0.25, 0.3) is 0 Å². The maximum atomic E-state index is 10.7. The average molecular weight is 537 g/mol. The van der Waals surface area contributed by atoms with Crippen LogP contribution in [0.15, 0.2) is 35.5 Å². The van der Waals surface area contributed by atoms with Crippen LogP contribution in [0.2, 0.25) is 37.8 Å². The second-order valence-electron chi connectivity index (χ2n) is 13.0. The minimum atomic E-state index is -1.65. The quantitative estimate of drug-likeness (QED) is 0.160. The molecule has 0 aliphatic rings. The van der Waals surface area contributed by atoms with Gasteiger partial charge in [-0.25, -0.2) is 0 Å². The molecule has 208 valence electrons. The summed E-state index contributed by atoms with van der Waals surface area (Å²) < 4.78 is 17.4. The van der Waals surface area contributed by atoms with Gasteiger partial charge in [-0.15, -0.1) is 0 Å².